The van der Waals surface area contributed by atoms with E-state index in [2.05, 4.69) is 0 Å². The van der Waals surface area contributed by atoms with Crippen molar-refractivity contribution in [1.29, 1.82) is 0 Å². The molecule has 1 aromatic carbocycles. The Morgan fingerprint density at radius 2 is 1.37 bits per heavy atom. The second kappa shape index (κ2) is 5.30. The summed E-state index contributed by atoms with van der Waals surface area (Å²) < 4.78 is 14.5. The van der Waals surface area contributed by atoms with Crippen molar-refractivity contribution in [2.24, 2.45) is 11.8 Å². The van der Waals surface area contributed by atoms with Gasteiger partial charge in [-0.3, -0.25) is 9.59 Å². The Hall–Kier alpha value is -2.04. The minimum atomic E-state index is -0.453. The van der Waals surface area contributed by atoms with Gasteiger partial charge in [0.15, 0.2) is 0 Å². The van der Waals surface area contributed by atoms with Gasteiger partial charge in [0.2, 0.25) is 0 Å². The number of rotatable bonds is 4. The normalized spacial score (nSPS) is 24.5. The van der Waals surface area contributed by atoms with Gasteiger partial charge in [0, 0.05) is 5.92 Å². The van der Waals surface area contributed by atoms with E-state index in [4.69, 9.17) is 14.2 Å². The number of carbonyl (C=O) groups is 2. The maximum atomic E-state index is 11.7. The Morgan fingerprint density at radius 3 is 1.74 bits per heavy atom. The fourth-order valence-corrected chi connectivity index (χ4v) is 2.41. The molecule has 102 valence electrons. The lowest BCUT2D eigenvalue weighted by molar-refractivity contribution is -0.148. The average molecular weight is 264 g/mol. The van der Waals surface area contributed by atoms with Crippen LogP contribution in [0.1, 0.15) is 11.5 Å². The fourth-order valence-electron chi connectivity index (χ4n) is 2.41. The van der Waals surface area contributed by atoms with Crippen LogP contribution in [-0.4, -0.2) is 33.3 Å². The largest absolute Gasteiger partial charge is 0.497 e. The number of methoxy groups -OCH3 is 3. The van der Waals surface area contributed by atoms with Gasteiger partial charge in [-0.2, -0.15) is 0 Å². The van der Waals surface area contributed by atoms with Crippen molar-refractivity contribution in [2.45, 2.75) is 5.92 Å². The van der Waals surface area contributed by atoms with Crippen molar-refractivity contribution < 1.29 is 23.8 Å². The monoisotopic (exact) mass is 264 g/mol. The maximum Gasteiger partial charge on any atom is 0.310 e. The zero-order valence-electron chi connectivity index (χ0n) is 11.1. The third kappa shape index (κ3) is 2.41. The summed E-state index contributed by atoms with van der Waals surface area (Å²) in [6, 6.07) is 7.30. The standard InChI is InChI=1S/C14H16O5/c1-17-9-6-4-8(5-7-9)10-11(13(15)18-2)12(10)14(16)19-3/h4-7,10-12H,1-3H3. The van der Waals surface area contributed by atoms with E-state index in [1.807, 2.05) is 12.1 Å². The SMILES string of the molecule is COC(=O)C1C(C(=O)OC)C1c1ccc(OC)cc1. The third-order valence-corrected chi connectivity index (χ3v) is 3.47. The van der Waals surface area contributed by atoms with Crippen molar-refractivity contribution in [1.82, 2.24) is 0 Å². The first kappa shape index (κ1) is 13.4. The van der Waals surface area contributed by atoms with Gasteiger partial charge in [-0.25, -0.2) is 0 Å². The average Bonchev–Trinajstić information content (AvgIpc) is 3.21. The fraction of sp³-hybridized carbons (Fsp3) is 0.429. The summed E-state index contributed by atoms with van der Waals surface area (Å²) in [5.74, 6) is -1.11. The summed E-state index contributed by atoms with van der Waals surface area (Å²) in [7, 11) is 4.22. The highest BCUT2D eigenvalue weighted by molar-refractivity contribution is 5.90. The van der Waals surface area contributed by atoms with Crippen LogP contribution in [-0.2, 0) is 19.1 Å². The molecule has 2 rings (SSSR count). The van der Waals surface area contributed by atoms with Gasteiger partial charge >= 0.3 is 11.9 Å². The quantitative estimate of drug-likeness (QED) is 0.769. The second-order valence-electron chi connectivity index (χ2n) is 4.40. The summed E-state index contributed by atoms with van der Waals surface area (Å²) in [6.45, 7) is 0. The van der Waals surface area contributed by atoms with Crippen LogP contribution in [0.2, 0.25) is 0 Å². The lowest BCUT2D eigenvalue weighted by Gasteiger charge is -2.02. The van der Waals surface area contributed by atoms with E-state index in [1.165, 1.54) is 14.2 Å². The van der Waals surface area contributed by atoms with Crippen LogP contribution >= 0.6 is 0 Å². The number of hydrogen-bond acceptors (Lipinski definition) is 5. The summed E-state index contributed by atoms with van der Waals surface area (Å²) in [6.07, 6.45) is 0. The molecular weight excluding hydrogens is 248 g/mol. The van der Waals surface area contributed by atoms with Crippen LogP contribution in [0.3, 0.4) is 0 Å². The molecule has 0 bridgehead atoms. The van der Waals surface area contributed by atoms with Crippen LogP contribution in [0.15, 0.2) is 24.3 Å². The van der Waals surface area contributed by atoms with Gasteiger partial charge in [0.05, 0.1) is 33.2 Å². The first-order valence-electron chi connectivity index (χ1n) is 5.93. The number of ether oxygens (including phenoxy) is 3. The van der Waals surface area contributed by atoms with E-state index in [0.29, 0.717) is 0 Å². The molecule has 1 aromatic rings. The molecule has 0 saturated heterocycles. The van der Waals surface area contributed by atoms with Crippen molar-refractivity contribution in [3.8, 4) is 5.75 Å². The Labute approximate surface area is 111 Å². The molecule has 0 amide bonds. The van der Waals surface area contributed by atoms with Gasteiger partial charge < -0.3 is 14.2 Å². The summed E-state index contributed by atoms with van der Waals surface area (Å²) >= 11 is 0. The molecule has 0 heterocycles. The third-order valence-electron chi connectivity index (χ3n) is 3.47. The lowest BCUT2D eigenvalue weighted by Crippen LogP contribution is -2.10. The second-order valence-corrected chi connectivity index (χ2v) is 4.40. The van der Waals surface area contributed by atoms with Crippen LogP contribution in [0.25, 0.3) is 0 Å². The van der Waals surface area contributed by atoms with E-state index in [1.54, 1.807) is 19.2 Å². The highest BCUT2D eigenvalue weighted by Crippen LogP contribution is 2.55. The lowest BCUT2D eigenvalue weighted by atomic mass is 10.1. The van der Waals surface area contributed by atoms with E-state index in [0.717, 1.165) is 11.3 Å². The Balaban J connectivity index is 2.21. The molecule has 1 aliphatic carbocycles. The van der Waals surface area contributed by atoms with Crippen molar-refractivity contribution in [2.75, 3.05) is 21.3 Å². The Kier molecular flexibility index (Phi) is 3.74. The minimum Gasteiger partial charge on any atom is -0.497 e. The predicted molar refractivity (Wildman–Crippen MR) is 66.7 cm³/mol. The number of hydrogen-bond donors (Lipinski definition) is 0. The number of carbonyl (C=O) groups excluding carboxylic acids is 2. The molecule has 19 heavy (non-hydrogen) atoms. The molecule has 5 heteroatoms. The topological polar surface area (TPSA) is 61.8 Å². The van der Waals surface area contributed by atoms with Crippen molar-refractivity contribution >= 4 is 11.9 Å². The molecule has 1 saturated carbocycles. The molecule has 2 unspecified atom stereocenters. The van der Waals surface area contributed by atoms with Crippen LogP contribution in [0.5, 0.6) is 5.75 Å². The van der Waals surface area contributed by atoms with Gasteiger partial charge in [-0.15, -0.1) is 0 Å². The summed E-state index contributed by atoms with van der Waals surface area (Å²) in [4.78, 5) is 23.3. The first-order chi connectivity index (χ1) is 9.13. The Bertz CT molecular complexity index is 457. The summed E-state index contributed by atoms with van der Waals surface area (Å²) in [5.41, 5.74) is 0.909. The van der Waals surface area contributed by atoms with E-state index in [9.17, 15) is 9.59 Å². The van der Waals surface area contributed by atoms with E-state index in [-0.39, 0.29) is 17.9 Å². The molecule has 0 aliphatic heterocycles. The summed E-state index contributed by atoms with van der Waals surface area (Å²) in [5, 5.41) is 0. The number of esters is 2. The van der Waals surface area contributed by atoms with Crippen LogP contribution < -0.4 is 4.74 Å². The Morgan fingerprint density at radius 1 is 0.895 bits per heavy atom. The van der Waals surface area contributed by atoms with Crippen LogP contribution in [0.4, 0.5) is 0 Å². The first-order valence-corrected chi connectivity index (χ1v) is 5.93. The molecular formula is C14H16O5. The smallest absolute Gasteiger partial charge is 0.310 e. The zero-order chi connectivity index (χ0) is 14.0. The van der Waals surface area contributed by atoms with E-state index < -0.39 is 11.8 Å². The highest BCUT2D eigenvalue weighted by Gasteiger charge is 2.61. The molecule has 2 atom stereocenters. The molecule has 0 aromatic heterocycles. The van der Waals surface area contributed by atoms with E-state index >= 15 is 0 Å². The highest BCUT2D eigenvalue weighted by atomic mass is 16.5. The van der Waals surface area contributed by atoms with Crippen molar-refractivity contribution in [3.63, 3.8) is 0 Å². The predicted octanol–water partition coefficient (Wildman–Crippen LogP) is 1.37. The van der Waals surface area contributed by atoms with Gasteiger partial charge in [0.25, 0.3) is 0 Å². The maximum absolute atomic E-state index is 11.7. The molecule has 0 N–H and O–H groups in total. The molecule has 0 radical (unpaired) electrons. The molecule has 1 aliphatic rings. The minimum absolute atomic E-state index is 0.175. The number of benzene rings is 1. The zero-order valence-corrected chi connectivity index (χ0v) is 11.1. The molecule has 1 fully saturated rings. The van der Waals surface area contributed by atoms with Gasteiger partial charge in [0.1, 0.15) is 5.75 Å². The molecule has 5 nitrogen and oxygen atoms in total. The van der Waals surface area contributed by atoms with Crippen molar-refractivity contribution in [3.05, 3.63) is 29.8 Å². The van der Waals surface area contributed by atoms with Gasteiger partial charge in [-0.1, -0.05) is 12.1 Å². The van der Waals surface area contributed by atoms with Gasteiger partial charge in [-0.05, 0) is 17.7 Å². The molecule has 0 spiro atoms. The van der Waals surface area contributed by atoms with Crippen LogP contribution in [0, 0.1) is 11.8 Å².